The Morgan fingerprint density at radius 1 is 1.44 bits per heavy atom. The van der Waals surface area contributed by atoms with Crippen LogP contribution in [0.4, 0.5) is 0 Å². The number of halogens is 2. The molecule has 5 N–H and O–H groups in total. The molecule has 1 aromatic carbocycles. The molecule has 2 atom stereocenters. The summed E-state index contributed by atoms with van der Waals surface area (Å²) < 4.78 is 5.12. The van der Waals surface area contributed by atoms with Gasteiger partial charge in [-0.1, -0.05) is 23.2 Å². The fourth-order valence-corrected chi connectivity index (χ4v) is 1.98. The van der Waals surface area contributed by atoms with Gasteiger partial charge in [-0.3, -0.25) is 0 Å². The Balaban J connectivity index is 3.20. The smallest absolute Gasteiger partial charge is 0.142 e. The van der Waals surface area contributed by atoms with Gasteiger partial charge in [-0.15, -0.1) is 0 Å². The molecule has 0 bridgehead atoms. The van der Waals surface area contributed by atoms with E-state index in [4.69, 9.17) is 39.4 Å². The standard InChI is InChI=1S/C10H14Cl2N2O2/c1-16-10-6(9(14)8(15)4-13)2-5(11)3-7(10)12/h2-3,8-9,15H,4,13-14H2,1H3. The van der Waals surface area contributed by atoms with Crippen LogP contribution in [0.1, 0.15) is 11.6 Å². The maximum Gasteiger partial charge on any atom is 0.142 e. The molecule has 0 spiro atoms. The topological polar surface area (TPSA) is 81.5 Å². The predicted molar refractivity (Wildman–Crippen MR) is 65.0 cm³/mol. The number of aliphatic hydroxyl groups is 1. The number of nitrogens with two attached hydrogens (primary N) is 2. The number of benzene rings is 1. The Morgan fingerprint density at radius 2 is 2.06 bits per heavy atom. The summed E-state index contributed by atoms with van der Waals surface area (Å²) in [6.45, 7) is 0.0501. The zero-order chi connectivity index (χ0) is 12.3. The Morgan fingerprint density at radius 3 is 2.56 bits per heavy atom. The molecule has 0 aliphatic rings. The molecule has 0 saturated carbocycles. The van der Waals surface area contributed by atoms with Gasteiger partial charge in [0.05, 0.1) is 24.3 Å². The highest BCUT2D eigenvalue weighted by Gasteiger charge is 2.21. The average Bonchev–Trinajstić information content (AvgIpc) is 2.26. The molecule has 0 amide bonds. The molecule has 0 aliphatic heterocycles. The van der Waals surface area contributed by atoms with Crippen molar-refractivity contribution < 1.29 is 9.84 Å². The highest BCUT2D eigenvalue weighted by molar-refractivity contribution is 6.35. The third-order valence-corrected chi connectivity index (χ3v) is 2.76. The summed E-state index contributed by atoms with van der Waals surface area (Å²) in [7, 11) is 1.47. The number of aliphatic hydroxyl groups excluding tert-OH is 1. The SMILES string of the molecule is COc1c(Cl)cc(Cl)cc1C(N)C(O)CN. The summed E-state index contributed by atoms with van der Waals surface area (Å²) in [6.07, 6.45) is -0.872. The summed E-state index contributed by atoms with van der Waals surface area (Å²) in [6, 6.07) is 2.47. The van der Waals surface area contributed by atoms with Crippen molar-refractivity contribution in [2.75, 3.05) is 13.7 Å². The third kappa shape index (κ3) is 2.78. The van der Waals surface area contributed by atoms with E-state index in [1.165, 1.54) is 7.11 Å². The van der Waals surface area contributed by atoms with Crippen molar-refractivity contribution in [3.8, 4) is 5.75 Å². The molecule has 6 heteroatoms. The van der Waals surface area contributed by atoms with Gasteiger partial charge in [0.1, 0.15) is 5.75 Å². The van der Waals surface area contributed by atoms with Gasteiger partial charge >= 0.3 is 0 Å². The van der Waals surface area contributed by atoms with Crippen LogP contribution in [0, 0.1) is 0 Å². The van der Waals surface area contributed by atoms with Crippen molar-refractivity contribution in [3.63, 3.8) is 0 Å². The quantitative estimate of drug-likeness (QED) is 0.766. The van der Waals surface area contributed by atoms with E-state index in [9.17, 15) is 5.11 Å². The summed E-state index contributed by atoms with van der Waals surface area (Å²) in [5, 5.41) is 10.4. The number of hydrogen-bond donors (Lipinski definition) is 3. The first-order valence-electron chi connectivity index (χ1n) is 4.68. The summed E-state index contributed by atoms with van der Waals surface area (Å²) in [5.41, 5.74) is 11.7. The zero-order valence-corrected chi connectivity index (χ0v) is 10.3. The fourth-order valence-electron chi connectivity index (χ4n) is 1.40. The van der Waals surface area contributed by atoms with Crippen molar-refractivity contribution in [1.82, 2.24) is 0 Å². The molecular weight excluding hydrogens is 251 g/mol. The molecule has 16 heavy (non-hydrogen) atoms. The maximum atomic E-state index is 9.59. The number of methoxy groups -OCH3 is 1. The van der Waals surface area contributed by atoms with Crippen LogP contribution in [0.3, 0.4) is 0 Å². The molecule has 0 radical (unpaired) electrons. The molecule has 0 heterocycles. The van der Waals surface area contributed by atoms with E-state index in [1.807, 2.05) is 0 Å². The van der Waals surface area contributed by atoms with E-state index in [0.29, 0.717) is 21.4 Å². The lowest BCUT2D eigenvalue weighted by atomic mass is 10.0. The minimum absolute atomic E-state index is 0.0501. The average molecular weight is 265 g/mol. The molecule has 0 saturated heterocycles. The highest BCUT2D eigenvalue weighted by Crippen LogP contribution is 2.35. The van der Waals surface area contributed by atoms with E-state index < -0.39 is 12.1 Å². The lowest BCUT2D eigenvalue weighted by Gasteiger charge is -2.20. The van der Waals surface area contributed by atoms with E-state index in [0.717, 1.165) is 0 Å². The van der Waals surface area contributed by atoms with Crippen LogP contribution in [-0.4, -0.2) is 24.9 Å². The lowest BCUT2D eigenvalue weighted by molar-refractivity contribution is 0.151. The van der Waals surface area contributed by atoms with Crippen LogP contribution in [-0.2, 0) is 0 Å². The third-order valence-electron chi connectivity index (χ3n) is 2.26. The Labute approximate surface area is 104 Å². The van der Waals surface area contributed by atoms with Gasteiger partial charge in [0.25, 0.3) is 0 Å². The molecule has 2 unspecified atom stereocenters. The second kappa shape index (κ2) is 5.70. The van der Waals surface area contributed by atoms with E-state index in [-0.39, 0.29) is 6.54 Å². The van der Waals surface area contributed by atoms with Gasteiger partial charge in [0.15, 0.2) is 0 Å². The van der Waals surface area contributed by atoms with Gasteiger partial charge < -0.3 is 21.3 Å². The highest BCUT2D eigenvalue weighted by atomic mass is 35.5. The van der Waals surface area contributed by atoms with Crippen LogP contribution in [0.5, 0.6) is 5.75 Å². The van der Waals surface area contributed by atoms with E-state index in [2.05, 4.69) is 0 Å². The van der Waals surface area contributed by atoms with Crippen molar-refractivity contribution in [3.05, 3.63) is 27.7 Å². The number of rotatable bonds is 4. The van der Waals surface area contributed by atoms with Crippen LogP contribution >= 0.6 is 23.2 Å². The van der Waals surface area contributed by atoms with Gasteiger partial charge in [-0.2, -0.15) is 0 Å². The molecule has 0 fully saturated rings. The maximum absolute atomic E-state index is 9.59. The molecule has 0 aromatic heterocycles. The van der Waals surface area contributed by atoms with E-state index in [1.54, 1.807) is 12.1 Å². The van der Waals surface area contributed by atoms with Gasteiger partial charge in [0, 0.05) is 17.1 Å². The van der Waals surface area contributed by atoms with Crippen LogP contribution < -0.4 is 16.2 Å². The van der Waals surface area contributed by atoms with Gasteiger partial charge in [0.2, 0.25) is 0 Å². The largest absolute Gasteiger partial charge is 0.495 e. The molecule has 90 valence electrons. The van der Waals surface area contributed by atoms with Crippen LogP contribution in [0.2, 0.25) is 10.0 Å². The van der Waals surface area contributed by atoms with Crippen LogP contribution in [0.25, 0.3) is 0 Å². The Kier molecular flexibility index (Phi) is 4.83. The summed E-state index contributed by atoms with van der Waals surface area (Å²) in [5.74, 6) is 0.408. The van der Waals surface area contributed by atoms with Crippen molar-refractivity contribution in [2.24, 2.45) is 11.5 Å². The number of hydrogen-bond acceptors (Lipinski definition) is 4. The Bertz CT molecular complexity index is 374. The van der Waals surface area contributed by atoms with Crippen molar-refractivity contribution >= 4 is 23.2 Å². The van der Waals surface area contributed by atoms with Crippen LogP contribution in [0.15, 0.2) is 12.1 Å². The normalized spacial score (nSPS) is 14.6. The minimum Gasteiger partial charge on any atom is -0.495 e. The second-order valence-electron chi connectivity index (χ2n) is 3.34. The lowest BCUT2D eigenvalue weighted by Crippen LogP contribution is -2.33. The molecule has 1 aromatic rings. The summed E-state index contributed by atoms with van der Waals surface area (Å²) >= 11 is 11.8. The fraction of sp³-hybridized carbons (Fsp3) is 0.400. The first-order valence-corrected chi connectivity index (χ1v) is 5.43. The minimum atomic E-state index is -0.872. The predicted octanol–water partition coefficient (Wildman–Crippen LogP) is 1.32. The summed E-state index contributed by atoms with van der Waals surface area (Å²) in [4.78, 5) is 0. The second-order valence-corrected chi connectivity index (χ2v) is 4.18. The first-order chi connectivity index (χ1) is 7.51. The van der Waals surface area contributed by atoms with Gasteiger partial charge in [-0.05, 0) is 12.1 Å². The molecule has 0 aliphatic carbocycles. The van der Waals surface area contributed by atoms with Crippen molar-refractivity contribution in [1.29, 1.82) is 0 Å². The van der Waals surface area contributed by atoms with Gasteiger partial charge in [-0.25, -0.2) is 0 Å². The first kappa shape index (κ1) is 13.5. The molecule has 4 nitrogen and oxygen atoms in total. The number of ether oxygens (including phenoxy) is 1. The van der Waals surface area contributed by atoms with E-state index >= 15 is 0 Å². The zero-order valence-electron chi connectivity index (χ0n) is 8.78. The Hall–Kier alpha value is -0.520. The molecule has 1 rings (SSSR count). The molecular formula is C10H14Cl2N2O2. The van der Waals surface area contributed by atoms with Crippen molar-refractivity contribution in [2.45, 2.75) is 12.1 Å². The monoisotopic (exact) mass is 264 g/mol.